The summed E-state index contributed by atoms with van der Waals surface area (Å²) in [6, 6.07) is 9.37. The van der Waals surface area contributed by atoms with Gasteiger partial charge < -0.3 is 15.5 Å². The van der Waals surface area contributed by atoms with Gasteiger partial charge in [-0.3, -0.25) is 4.79 Å². The molecule has 0 atom stereocenters. The van der Waals surface area contributed by atoms with Crippen molar-refractivity contribution < 1.29 is 4.79 Å². The Labute approximate surface area is 143 Å². The number of aromatic nitrogens is 2. The fourth-order valence-electron chi connectivity index (χ4n) is 1.76. The molecule has 0 fully saturated rings. The molecule has 1 aromatic heterocycles. The van der Waals surface area contributed by atoms with Gasteiger partial charge >= 0.3 is 0 Å². The summed E-state index contributed by atoms with van der Waals surface area (Å²) < 4.78 is 1.11. The van der Waals surface area contributed by atoms with E-state index in [1.54, 1.807) is 6.20 Å². The van der Waals surface area contributed by atoms with E-state index in [2.05, 4.69) is 43.4 Å². The van der Waals surface area contributed by atoms with E-state index in [-0.39, 0.29) is 5.91 Å². The first kappa shape index (κ1) is 16.5. The number of hydrogen-bond acceptors (Lipinski definition) is 5. The predicted molar refractivity (Wildman–Crippen MR) is 96.3 cm³/mol. The van der Waals surface area contributed by atoms with Crippen molar-refractivity contribution in [1.82, 2.24) is 15.5 Å². The molecule has 0 aliphatic heterocycles. The summed E-state index contributed by atoms with van der Waals surface area (Å²) in [5.74, 6) is 0.612. The summed E-state index contributed by atoms with van der Waals surface area (Å²) in [6.45, 7) is 1.10. The monoisotopic (exact) mass is 411 g/mol. The van der Waals surface area contributed by atoms with Crippen LogP contribution in [0, 0.1) is 3.57 Å². The molecule has 0 unspecified atom stereocenters. The SMILES string of the molecule is CN(C)c1cnnc(NCCNC(=O)c2ccc(I)cc2)c1. The zero-order chi connectivity index (χ0) is 15.9. The number of carbonyl (C=O) groups excluding carboxylic acids is 1. The van der Waals surface area contributed by atoms with Gasteiger partial charge in [0.25, 0.3) is 5.91 Å². The molecular formula is C15H18IN5O. The minimum Gasteiger partial charge on any atom is -0.376 e. The van der Waals surface area contributed by atoms with Crippen LogP contribution in [0.2, 0.25) is 0 Å². The zero-order valence-corrected chi connectivity index (χ0v) is 14.7. The number of rotatable bonds is 6. The number of amides is 1. The topological polar surface area (TPSA) is 70.2 Å². The van der Waals surface area contributed by atoms with Gasteiger partial charge in [-0.1, -0.05) is 0 Å². The van der Waals surface area contributed by atoms with E-state index in [9.17, 15) is 4.79 Å². The largest absolute Gasteiger partial charge is 0.376 e. The van der Waals surface area contributed by atoms with Crippen molar-refractivity contribution in [3.8, 4) is 0 Å². The first-order valence-corrected chi connectivity index (χ1v) is 7.92. The molecule has 1 heterocycles. The van der Waals surface area contributed by atoms with Gasteiger partial charge in [0, 0.05) is 42.4 Å². The third kappa shape index (κ3) is 4.83. The van der Waals surface area contributed by atoms with E-state index in [0.29, 0.717) is 24.5 Å². The van der Waals surface area contributed by atoms with Crippen LogP contribution in [0.25, 0.3) is 0 Å². The maximum atomic E-state index is 11.9. The van der Waals surface area contributed by atoms with Crippen LogP contribution in [-0.2, 0) is 0 Å². The van der Waals surface area contributed by atoms with E-state index in [4.69, 9.17) is 0 Å². The first-order valence-electron chi connectivity index (χ1n) is 6.84. The Morgan fingerprint density at radius 3 is 2.64 bits per heavy atom. The van der Waals surface area contributed by atoms with Crippen LogP contribution in [0.5, 0.6) is 0 Å². The molecule has 2 N–H and O–H groups in total. The highest BCUT2D eigenvalue weighted by atomic mass is 127. The second kappa shape index (κ2) is 7.92. The Morgan fingerprint density at radius 2 is 1.95 bits per heavy atom. The van der Waals surface area contributed by atoms with Crippen molar-refractivity contribution in [2.45, 2.75) is 0 Å². The van der Waals surface area contributed by atoms with E-state index in [1.165, 1.54) is 0 Å². The smallest absolute Gasteiger partial charge is 0.251 e. The van der Waals surface area contributed by atoms with E-state index in [1.807, 2.05) is 49.3 Å². The van der Waals surface area contributed by atoms with Crippen LogP contribution < -0.4 is 15.5 Å². The minimum absolute atomic E-state index is 0.0775. The third-order valence-corrected chi connectivity index (χ3v) is 3.70. The lowest BCUT2D eigenvalue weighted by Crippen LogP contribution is -2.28. The van der Waals surface area contributed by atoms with Gasteiger partial charge in [0.2, 0.25) is 0 Å². The Morgan fingerprint density at radius 1 is 1.23 bits per heavy atom. The Kier molecular flexibility index (Phi) is 5.93. The van der Waals surface area contributed by atoms with Crippen LogP contribution in [0.1, 0.15) is 10.4 Å². The molecule has 0 radical (unpaired) electrons. The van der Waals surface area contributed by atoms with Gasteiger partial charge in [0.05, 0.1) is 11.9 Å². The Hall–Kier alpha value is -1.90. The van der Waals surface area contributed by atoms with Gasteiger partial charge in [-0.05, 0) is 46.9 Å². The molecule has 2 aromatic rings. The molecule has 116 valence electrons. The van der Waals surface area contributed by atoms with Crippen LogP contribution in [0.15, 0.2) is 36.5 Å². The summed E-state index contributed by atoms with van der Waals surface area (Å²) in [4.78, 5) is 13.9. The van der Waals surface area contributed by atoms with Crippen molar-refractivity contribution in [2.24, 2.45) is 0 Å². The summed E-state index contributed by atoms with van der Waals surface area (Å²) >= 11 is 2.21. The molecule has 2 rings (SSSR count). The number of benzene rings is 1. The molecular weight excluding hydrogens is 393 g/mol. The van der Waals surface area contributed by atoms with Crippen molar-refractivity contribution >= 4 is 40.0 Å². The van der Waals surface area contributed by atoms with Crippen LogP contribution in [0.4, 0.5) is 11.5 Å². The minimum atomic E-state index is -0.0775. The van der Waals surface area contributed by atoms with Crippen molar-refractivity contribution in [1.29, 1.82) is 0 Å². The second-order valence-corrected chi connectivity index (χ2v) is 6.13. The maximum absolute atomic E-state index is 11.9. The molecule has 0 saturated heterocycles. The predicted octanol–water partition coefficient (Wildman–Crippen LogP) is 1.99. The number of anilines is 2. The third-order valence-electron chi connectivity index (χ3n) is 2.98. The lowest BCUT2D eigenvalue weighted by molar-refractivity contribution is 0.0955. The number of halogens is 1. The molecule has 0 bridgehead atoms. The maximum Gasteiger partial charge on any atom is 0.251 e. The summed E-state index contributed by atoms with van der Waals surface area (Å²) in [5, 5.41) is 13.9. The molecule has 0 saturated carbocycles. The lowest BCUT2D eigenvalue weighted by Gasteiger charge is -2.13. The van der Waals surface area contributed by atoms with Crippen molar-refractivity contribution in [3.63, 3.8) is 0 Å². The molecule has 1 amide bonds. The molecule has 0 spiro atoms. The summed E-state index contributed by atoms with van der Waals surface area (Å²) in [7, 11) is 3.89. The first-order chi connectivity index (χ1) is 10.6. The fourth-order valence-corrected chi connectivity index (χ4v) is 2.12. The quantitative estimate of drug-likeness (QED) is 0.562. The number of hydrogen-bond donors (Lipinski definition) is 2. The Bertz CT molecular complexity index is 630. The highest BCUT2D eigenvalue weighted by molar-refractivity contribution is 14.1. The van der Waals surface area contributed by atoms with Gasteiger partial charge in [-0.2, -0.15) is 5.10 Å². The normalized spacial score (nSPS) is 10.1. The Balaban J connectivity index is 1.78. The van der Waals surface area contributed by atoms with E-state index in [0.717, 1.165) is 9.26 Å². The second-order valence-electron chi connectivity index (χ2n) is 4.88. The van der Waals surface area contributed by atoms with E-state index >= 15 is 0 Å². The number of nitrogens with zero attached hydrogens (tertiary/aromatic N) is 3. The van der Waals surface area contributed by atoms with Crippen LogP contribution >= 0.6 is 22.6 Å². The van der Waals surface area contributed by atoms with Crippen molar-refractivity contribution in [2.75, 3.05) is 37.4 Å². The molecule has 0 aliphatic carbocycles. The van der Waals surface area contributed by atoms with E-state index < -0.39 is 0 Å². The van der Waals surface area contributed by atoms with Gasteiger partial charge in [0.15, 0.2) is 5.82 Å². The van der Waals surface area contributed by atoms with Crippen LogP contribution in [-0.4, -0.2) is 43.3 Å². The summed E-state index contributed by atoms with van der Waals surface area (Å²) in [5.41, 5.74) is 1.63. The number of carbonyl (C=O) groups is 1. The highest BCUT2D eigenvalue weighted by Crippen LogP contribution is 2.12. The average molecular weight is 411 g/mol. The highest BCUT2D eigenvalue weighted by Gasteiger charge is 2.04. The van der Waals surface area contributed by atoms with Crippen LogP contribution in [0.3, 0.4) is 0 Å². The van der Waals surface area contributed by atoms with Crippen molar-refractivity contribution in [3.05, 3.63) is 45.7 Å². The molecule has 22 heavy (non-hydrogen) atoms. The van der Waals surface area contributed by atoms with Gasteiger partial charge in [-0.25, -0.2) is 0 Å². The summed E-state index contributed by atoms with van der Waals surface area (Å²) in [6.07, 6.45) is 1.70. The average Bonchev–Trinajstić information content (AvgIpc) is 2.52. The lowest BCUT2D eigenvalue weighted by atomic mass is 10.2. The van der Waals surface area contributed by atoms with Gasteiger partial charge in [0.1, 0.15) is 0 Å². The van der Waals surface area contributed by atoms with Gasteiger partial charge in [-0.15, -0.1) is 5.10 Å². The molecule has 6 nitrogen and oxygen atoms in total. The fraction of sp³-hybridized carbons (Fsp3) is 0.267. The molecule has 7 heteroatoms. The molecule has 0 aliphatic rings. The standard InChI is InChI=1S/C15H18IN5O/c1-21(2)13-9-14(20-19-10-13)17-7-8-18-15(22)11-3-5-12(16)6-4-11/h3-6,9-10H,7-8H2,1-2H3,(H,17,20)(H,18,22). The molecule has 1 aromatic carbocycles. The zero-order valence-electron chi connectivity index (χ0n) is 12.5. The number of nitrogens with one attached hydrogen (secondary N) is 2.